The average molecular weight is 539 g/mol. The van der Waals surface area contributed by atoms with Crippen LogP contribution in [0.2, 0.25) is 0 Å². The van der Waals surface area contributed by atoms with Gasteiger partial charge in [0.2, 0.25) is 10.0 Å². The van der Waals surface area contributed by atoms with E-state index >= 15 is 0 Å². The van der Waals surface area contributed by atoms with E-state index < -0.39 is 27.8 Å². The third-order valence-corrected chi connectivity index (χ3v) is 8.50. The molecule has 0 saturated carbocycles. The van der Waals surface area contributed by atoms with Gasteiger partial charge in [-0.3, -0.25) is 0 Å². The van der Waals surface area contributed by atoms with E-state index in [2.05, 4.69) is 10.0 Å². The molecule has 2 aliphatic heterocycles. The third kappa shape index (κ3) is 4.69. The van der Waals surface area contributed by atoms with Crippen LogP contribution in [0.5, 0.6) is 0 Å². The number of alkyl carbamates (subject to hydrolysis) is 1. The number of likely N-dealkylation sites (N-methyl/N-ethyl adjacent to an activating group) is 1. The Hall–Kier alpha value is -3.31. The number of carbonyl (C=O) groups excluding carboxylic acids is 2. The molecule has 0 bridgehead atoms. The summed E-state index contributed by atoms with van der Waals surface area (Å²) in [4.78, 5) is 27.0. The zero-order chi connectivity index (χ0) is 27.3. The second kappa shape index (κ2) is 9.46. The van der Waals surface area contributed by atoms with E-state index in [-0.39, 0.29) is 21.3 Å². The summed E-state index contributed by atoms with van der Waals surface area (Å²) in [6.45, 7) is 5.96. The Kier molecular flexibility index (Phi) is 6.55. The Labute approximate surface area is 222 Å². The number of benzene rings is 3. The van der Waals surface area contributed by atoms with Crippen LogP contribution >= 0.6 is 0 Å². The molecule has 3 aromatic rings. The quantitative estimate of drug-likeness (QED) is 0.479. The second-order valence-corrected chi connectivity index (χ2v) is 12.5. The van der Waals surface area contributed by atoms with Crippen molar-refractivity contribution >= 4 is 44.2 Å². The van der Waals surface area contributed by atoms with Gasteiger partial charge in [-0.2, -0.15) is 4.48 Å². The smallest absolute Gasteiger partial charge is 0.408 e. The molecule has 1 fully saturated rings. The molecule has 0 radical (unpaired) electrons. The molecule has 9 nitrogen and oxygen atoms in total. The van der Waals surface area contributed by atoms with E-state index in [1.807, 2.05) is 36.4 Å². The molecule has 38 heavy (non-hydrogen) atoms. The molecule has 200 valence electrons. The minimum absolute atomic E-state index is 0.136. The van der Waals surface area contributed by atoms with Crippen molar-refractivity contribution in [1.29, 1.82) is 0 Å². The van der Waals surface area contributed by atoms with Crippen LogP contribution in [0.25, 0.3) is 10.8 Å². The number of ether oxygens (including phenoxy) is 2. The molecule has 2 atom stereocenters. The van der Waals surface area contributed by atoms with Crippen molar-refractivity contribution in [1.82, 2.24) is 14.5 Å². The van der Waals surface area contributed by atoms with Gasteiger partial charge in [0.25, 0.3) is 0 Å². The molecule has 2 aliphatic rings. The lowest BCUT2D eigenvalue weighted by atomic mass is 9.93. The molecule has 2 N–H and O–H groups in total. The summed E-state index contributed by atoms with van der Waals surface area (Å²) in [7, 11) is -2.05. The monoisotopic (exact) mass is 538 g/mol. The molecule has 2 heterocycles. The minimum Gasteiger partial charge on any atom is -0.444 e. The lowest BCUT2D eigenvalue weighted by Gasteiger charge is -2.39. The first-order valence-corrected chi connectivity index (χ1v) is 14.0. The number of fused-ring (bicyclic) bond motifs is 2. The first-order chi connectivity index (χ1) is 17.9. The number of sulfonamides is 1. The Bertz CT molecular complexity index is 1530. The molecule has 3 aromatic carbocycles. The zero-order valence-electron chi connectivity index (χ0n) is 21.9. The maximum absolute atomic E-state index is 14.2. The SMILES string of the molecule is CC(C)(C)OC(=O)N[C@H]1Cc2ccccc2[N+](C)(c2cccc3c(S(=O)(=O)NC4COC4)cccc23)C1=O. The third-order valence-electron chi connectivity index (χ3n) is 6.92. The van der Waals surface area contributed by atoms with Crippen molar-refractivity contribution in [2.75, 3.05) is 20.3 Å². The molecule has 0 spiro atoms. The fourth-order valence-electron chi connectivity index (χ4n) is 5.14. The van der Waals surface area contributed by atoms with Crippen LogP contribution in [0.15, 0.2) is 65.6 Å². The van der Waals surface area contributed by atoms with E-state index in [4.69, 9.17) is 9.47 Å². The van der Waals surface area contributed by atoms with E-state index in [9.17, 15) is 18.0 Å². The predicted molar refractivity (Wildman–Crippen MR) is 145 cm³/mol. The first-order valence-electron chi connectivity index (χ1n) is 12.5. The van der Waals surface area contributed by atoms with Crippen LogP contribution in [0, 0.1) is 0 Å². The fourth-order valence-corrected chi connectivity index (χ4v) is 6.57. The summed E-state index contributed by atoms with van der Waals surface area (Å²) in [5, 5.41) is 3.90. The van der Waals surface area contributed by atoms with Crippen LogP contribution in [0.4, 0.5) is 16.2 Å². The van der Waals surface area contributed by atoms with Gasteiger partial charge in [0.15, 0.2) is 11.7 Å². The number of amides is 2. The van der Waals surface area contributed by atoms with Crippen molar-refractivity contribution in [3.63, 3.8) is 0 Å². The van der Waals surface area contributed by atoms with Gasteiger partial charge in [0, 0.05) is 34.9 Å². The molecule has 0 aliphatic carbocycles. The number of rotatable bonds is 5. The number of para-hydroxylation sites is 1. The largest absolute Gasteiger partial charge is 0.444 e. The Morgan fingerprint density at radius 3 is 2.32 bits per heavy atom. The number of nitrogens with one attached hydrogen (secondary N) is 2. The van der Waals surface area contributed by atoms with Gasteiger partial charge < -0.3 is 14.8 Å². The molecular formula is C28H32N3O6S+. The van der Waals surface area contributed by atoms with Crippen LogP contribution < -0.4 is 14.5 Å². The van der Waals surface area contributed by atoms with Crippen molar-refractivity contribution in [2.45, 2.75) is 49.8 Å². The zero-order valence-corrected chi connectivity index (χ0v) is 22.7. The lowest BCUT2D eigenvalue weighted by molar-refractivity contribution is -0.129. The molecule has 2 amide bonds. The highest BCUT2D eigenvalue weighted by molar-refractivity contribution is 7.89. The standard InChI is InChI=1S/C28H31N3O6S/c1-28(2,3)37-27(33)29-22-15-18-9-5-6-12-23(18)31(4,26(22)32)24-13-7-11-21-20(24)10-8-14-25(21)38(34,35)30-19-16-36-17-19/h5-14,19,22,30H,15-17H2,1-4H3/p+1/t22-,31?/m0/s1. The number of carbonyl (C=O) groups is 2. The fraction of sp³-hybridized carbons (Fsp3) is 0.357. The van der Waals surface area contributed by atoms with Crippen molar-refractivity contribution in [3.05, 3.63) is 66.2 Å². The van der Waals surface area contributed by atoms with Gasteiger partial charge in [-0.05, 0) is 32.9 Å². The summed E-state index contributed by atoms with van der Waals surface area (Å²) in [5.74, 6) is -0.250. The minimum atomic E-state index is -3.83. The Morgan fingerprint density at radius 2 is 1.63 bits per heavy atom. The Morgan fingerprint density at radius 1 is 0.974 bits per heavy atom. The maximum atomic E-state index is 14.2. The number of quaternary nitrogens is 1. The maximum Gasteiger partial charge on any atom is 0.408 e. The van der Waals surface area contributed by atoms with Crippen LogP contribution in [0.3, 0.4) is 0 Å². The summed E-state index contributed by atoms with van der Waals surface area (Å²) in [6.07, 6.45) is -0.348. The van der Waals surface area contributed by atoms with E-state index in [0.29, 0.717) is 36.1 Å². The average Bonchev–Trinajstić information content (AvgIpc) is 2.83. The van der Waals surface area contributed by atoms with Gasteiger partial charge >= 0.3 is 12.0 Å². The molecule has 5 rings (SSSR count). The topological polar surface area (TPSA) is 111 Å². The molecule has 10 heteroatoms. The second-order valence-electron chi connectivity index (χ2n) is 10.9. The van der Waals surface area contributed by atoms with Gasteiger partial charge in [0.05, 0.1) is 31.2 Å². The van der Waals surface area contributed by atoms with Crippen LogP contribution in [-0.2, 0) is 30.7 Å². The van der Waals surface area contributed by atoms with Gasteiger partial charge in [-0.25, -0.2) is 22.7 Å². The van der Waals surface area contributed by atoms with Gasteiger partial charge in [-0.1, -0.05) is 36.4 Å². The lowest BCUT2D eigenvalue weighted by Crippen LogP contribution is -2.60. The molecular weight excluding hydrogens is 506 g/mol. The Balaban J connectivity index is 1.62. The first kappa shape index (κ1) is 26.3. The van der Waals surface area contributed by atoms with Gasteiger partial charge in [-0.15, -0.1) is 0 Å². The number of hydrogen-bond acceptors (Lipinski definition) is 6. The number of hydrogen-bond donors (Lipinski definition) is 2. The van der Waals surface area contributed by atoms with E-state index in [1.165, 1.54) is 0 Å². The van der Waals surface area contributed by atoms with Crippen LogP contribution in [-0.4, -0.2) is 58.4 Å². The normalized spacial score (nSPS) is 22.0. The summed E-state index contributed by atoms with van der Waals surface area (Å²) in [6, 6.07) is 16.9. The van der Waals surface area contributed by atoms with Gasteiger partial charge in [0.1, 0.15) is 11.3 Å². The summed E-state index contributed by atoms with van der Waals surface area (Å²) < 4.78 is 39.5. The van der Waals surface area contributed by atoms with Crippen molar-refractivity contribution < 1.29 is 27.5 Å². The van der Waals surface area contributed by atoms with E-state index in [0.717, 1.165) is 11.3 Å². The van der Waals surface area contributed by atoms with Crippen molar-refractivity contribution in [3.8, 4) is 0 Å². The number of nitrogens with zero attached hydrogens (tertiary/aromatic N) is 1. The summed E-state index contributed by atoms with van der Waals surface area (Å²) >= 11 is 0. The van der Waals surface area contributed by atoms with Crippen LogP contribution in [0.1, 0.15) is 26.3 Å². The van der Waals surface area contributed by atoms with E-state index in [1.54, 1.807) is 52.1 Å². The predicted octanol–water partition coefficient (Wildman–Crippen LogP) is 3.76. The molecule has 0 aromatic heterocycles. The molecule has 1 unspecified atom stereocenters. The highest BCUT2D eigenvalue weighted by atomic mass is 32.2. The highest BCUT2D eigenvalue weighted by Crippen LogP contribution is 2.44. The highest BCUT2D eigenvalue weighted by Gasteiger charge is 2.49. The summed E-state index contributed by atoms with van der Waals surface area (Å²) in [5.41, 5.74) is 1.57. The molecule has 1 saturated heterocycles. The van der Waals surface area contributed by atoms with Crippen molar-refractivity contribution in [2.24, 2.45) is 0 Å².